The maximum Gasteiger partial charge on any atom is 0.255 e. The van der Waals surface area contributed by atoms with Gasteiger partial charge in [0.05, 0.1) is 18.8 Å². The van der Waals surface area contributed by atoms with E-state index in [1.165, 1.54) is 13.2 Å². The second-order valence-corrected chi connectivity index (χ2v) is 4.44. The fourth-order valence-corrected chi connectivity index (χ4v) is 1.80. The number of hydrogen-bond acceptors (Lipinski definition) is 4. The van der Waals surface area contributed by atoms with Gasteiger partial charge in [0.1, 0.15) is 5.75 Å². The Kier molecular flexibility index (Phi) is 4.93. The van der Waals surface area contributed by atoms with Crippen LogP contribution in [-0.2, 0) is 4.79 Å². The second-order valence-electron chi connectivity index (χ2n) is 4.44. The number of nitrogens with one attached hydrogen (secondary N) is 1. The van der Waals surface area contributed by atoms with Crippen LogP contribution in [0.4, 0.5) is 0 Å². The highest BCUT2D eigenvalue weighted by molar-refractivity contribution is 6.02. The Balaban J connectivity index is 2.20. The molecular formula is C17H14NO4-. The number of carboxylic acids is 1. The van der Waals surface area contributed by atoms with Crippen LogP contribution in [-0.4, -0.2) is 19.0 Å². The number of amides is 1. The quantitative estimate of drug-likeness (QED) is 0.841. The van der Waals surface area contributed by atoms with Crippen molar-refractivity contribution < 1.29 is 19.4 Å². The van der Waals surface area contributed by atoms with E-state index < -0.39 is 11.9 Å². The molecule has 22 heavy (non-hydrogen) atoms. The number of rotatable bonds is 5. The summed E-state index contributed by atoms with van der Waals surface area (Å²) < 4.78 is 5.02. The maximum atomic E-state index is 12.0. The molecule has 0 aliphatic rings. The Morgan fingerprint density at radius 2 is 1.68 bits per heavy atom. The van der Waals surface area contributed by atoms with Crippen LogP contribution in [0.2, 0.25) is 0 Å². The van der Waals surface area contributed by atoms with Gasteiger partial charge in [-0.2, -0.15) is 0 Å². The summed E-state index contributed by atoms with van der Waals surface area (Å²) in [6, 6.07) is 15.1. The molecule has 1 N–H and O–H groups in total. The van der Waals surface area contributed by atoms with E-state index in [2.05, 4.69) is 5.32 Å². The lowest BCUT2D eigenvalue weighted by atomic mass is 10.1. The Bertz CT molecular complexity index is 690. The molecule has 112 valence electrons. The number of aliphatic carboxylic acids is 1. The van der Waals surface area contributed by atoms with Gasteiger partial charge in [-0.3, -0.25) is 4.79 Å². The van der Waals surface area contributed by atoms with E-state index in [0.29, 0.717) is 16.9 Å². The van der Waals surface area contributed by atoms with Gasteiger partial charge >= 0.3 is 0 Å². The van der Waals surface area contributed by atoms with Gasteiger partial charge in [-0.05, 0) is 35.9 Å². The van der Waals surface area contributed by atoms with Crippen LogP contribution in [0, 0.1) is 0 Å². The molecule has 0 heterocycles. The molecule has 0 aliphatic carbocycles. The molecule has 0 bridgehead atoms. The number of ether oxygens (including phenoxy) is 1. The van der Waals surface area contributed by atoms with Crippen molar-refractivity contribution >= 4 is 18.0 Å². The molecule has 0 fully saturated rings. The predicted octanol–water partition coefficient (Wildman–Crippen LogP) is 1.22. The van der Waals surface area contributed by atoms with Crippen molar-refractivity contribution in [2.45, 2.75) is 0 Å². The first-order chi connectivity index (χ1) is 10.6. The van der Waals surface area contributed by atoms with Gasteiger partial charge in [-0.25, -0.2) is 0 Å². The van der Waals surface area contributed by atoms with Gasteiger partial charge in [0.2, 0.25) is 0 Å². The van der Waals surface area contributed by atoms with Gasteiger partial charge in [0.15, 0.2) is 0 Å². The molecule has 5 nitrogen and oxygen atoms in total. The van der Waals surface area contributed by atoms with Crippen LogP contribution in [0.1, 0.15) is 15.9 Å². The van der Waals surface area contributed by atoms with Gasteiger partial charge < -0.3 is 20.0 Å². The van der Waals surface area contributed by atoms with Crippen LogP contribution in [0.3, 0.4) is 0 Å². The van der Waals surface area contributed by atoms with E-state index in [0.717, 1.165) is 0 Å². The molecule has 2 aromatic rings. The third kappa shape index (κ3) is 3.96. The topological polar surface area (TPSA) is 78.5 Å². The first-order valence-electron chi connectivity index (χ1n) is 6.53. The number of hydrogen-bond donors (Lipinski definition) is 1. The first kappa shape index (κ1) is 15.3. The minimum Gasteiger partial charge on any atom is -0.543 e. The molecule has 0 aliphatic heterocycles. The summed E-state index contributed by atoms with van der Waals surface area (Å²) in [4.78, 5) is 23.2. The predicted molar refractivity (Wildman–Crippen MR) is 79.9 cm³/mol. The van der Waals surface area contributed by atoms with Crippen LogP contribution in [0.25, 0.3) is 6.08 Å². The van der Waals surface area contributed by atoms with Crippen LogP contribution in [0.5, 0.6) is 5.75 Å². The third-order valence-electron chi connectivity index (χ3n) is 2.93. The summed E-state index contributed by atoms with van der Waals surface area (Å²) in [7, 11) is 1.54. The number of methoxy groups -OCH3 is 1. The Morgan fingerprint density at radius 3 is 2.23 bits per heavy atom. The zero-order valence-electron chi connectivity index (χ0n) is 11.9. The smallest absolute Gasteiger partial charge is 0.255 e. The standard InChI is InChI=1S/C17H15NO4/c1-22-14-9-7-12(8-10-14)11-15(17(20)21)18-16(19)13-5-3-2-4-6-13/h2-11H,1H3,(H,18,19)(H,20,21)/p-1/b15-11-. The fourth-order valence-electron chi connectivity index (χ4n) is 1.80. The minimum absolute atomic E-state index is 0.306. The zero-order valence-corrected chi connectivity index (χ0v) is 11.9. The van der Waals surface area contributed by atoms with Crippen molar-refractivity contribution in [1.82, 2.24) is 5.32 Å². The normalized spacial score (nSPS) is 10.9. The molecule has 0 unspecified atom stereocenters. The lowest BCUT2D eigenvalue weighted by Crippen LogP contribution is -2.35. The molecule has 0 spiro atoms. The van der Waals surface area contributed by atoms with E-state index in [9.17, 15) is 14.7 Å². The lowest BCUT2D eigenvalue weighted by Gasteiger charge is -2.11. The zero-order chi connectivity index (χ0) is 15.9. The number of benzene rings is 2. The van der Waals surface area contributed by atoms with Crippen LogP contribution < -0.4 is 15.2 Å². The molecule has 0 saturated heterocycles. The van der Waals surface area contributed by atoms with Crippen molar-refractivity contribution in [3.63, 3.8) is 0 Å². The number of carbonyl (C=O) groups is 2. The number of carboxylic acid groups (broad SMARTS) is 1. The second kappa shape index (κ2) is 7.08. The Labute approximate surface area is 127 Å². The molecule has 0 aromatic heterocycles. The molecule has 1 amide bonds. The maximum absolute atomic E-state index is 12.0. The van der Waals surface area contributed by atoms with Crippen molar-refractivity contribution in [2.24, 2.45) is 0 Å². The molecule has 0 atom stereocenters. The summed E-state index contributed by atoms with van der Waals surface area (Å²) in [6.45, 7) is 0. The summed E-state index contributed by atoms with van der Waals surface area (Å²) in [5, 5.41) is 13.5. The summed E-state index contributed by atoms with van der Waals surface area (Å²) >= 11 is 0. The lowest BCUT2D eigenvalue weighted by molar-refractivity contribution is -0.299. The van der Waals surface area contributed by atoms with E-state index in [1.807, 2.05) is 0 Å². The van der Waals surface area contributed by atoms with Gasteiger partial charge in [-0.1, -0.05) is 30.3 Å². The molecule has 2 rings (SSSR count). The van der Waals surface area contributed by atoms with Crippen molar-refractivity contribution in [2.75, 3.05) is 7.11 Å². The molecule has 0 saturated carbocycles. The summed E-state index contributed by atoms with van der Waals surface area (Å²) in [5.41, 5.74) is 0.664. The Morgan fingerprint density at radius 1 is 1.05 bits per heavy atom. The van der Waals surface area contributed by atoms with E-state index >= 15 is 0 Å². The van der Waals surface area contributed by atoms with E-state index in [4.69, 9.17) is 4.74 Å². The van der Waals surface area contributed by atoms with Gasteiger partial charge in [0.25, 0.3) is 5.91 Å². The first-order valence-corrected chi connectivity index (χ1v) is 6.53. The molecule has 2 aromatic carbocycles. The molecule has 5 heteroatoms. The summed E-state index contributed by atoms with van der Waals surface area (Å²) in [5.74, 6) is -1.31. The van der Waals surface area contributed by atoms with Crippen molar-refractivity contribution in [3.8, 4) is 5.75 Å². The summed E-state index contributed by atoms with van der Waals surface area (Å²) in [6.07, 6.45) is 1.33. The fraction of sp³-hybridized carbons (Fsp3) is 0.0588. The SMILES string of the molecule is COc1ccc(/C=C(\NC(=O)c2ccccc2)C(=O)[O-])cc1. The highest BCUT2D eigenvalue weighted by Crippen LogP contribution is 2.13. The van der Waals surface area contributed by atoms with Crippen LogP contribution >= 0.6 is 0 Å². The molecular weight excluding hydrogens is 282 g/mol. The van der Waals surface area contributed by atoms with Gasteiger partial charge in [0, 0.05) is 5.56 Å². The largest absolute Gasteiger partial charge is 0.543 e. The highest BCUT2D eigenvalue weighted by atomic mass is 16.5. The monoisotopic (exact) mass is 296 g/mol. The van der Waals surface area contributed by atoms with Crippen LogP contribution in [0.15, 0.2) is 60.3 Å². The average molecular weight is 296 g/mol. The van der Waals surface area contributed by atoms with Crippen molar-refractivity contribution in [1.29, 1.82) is 0 Å². The number of carbonyl (C=O) groups excluding carboxylic acids is 2. The molecule has 0 radical (unpaired) electrons. The highest BCUT2D eigenvalue weighted by Gasteiger charge is 2.08. The van der Waals surface area contributed by atoms with Gasteiger partial charge in [-0.15, -0.1) is 0 Å². The average Bonchev–Trinajstić information content (AvgIpc) is 2.55. The van der Waals surface area contributed by atoms with E-state index in [-0.39, 0.29) is 5.70 Å². The van der Waals surface area contributed by atoms with E-state index in [1.54, 1.807) is 54.6 Å². The Hall–Kier alpha value is -3.08. The van der Waals surface area contributed by atoms with Crippen molar-refractivity contribution in [3.05, 3.63) is 71.4 Å². The minimum atomic E-state index is -1.46. The third-order valence-corrected chi connectivity index (χ3v) is 2.93.